The Balaban J connectivity index is 1.56. The van der Waals surface area contributed by atoms with Crippen molar-refractivity contribution in [2.24, 2.45) is 5.41 Å². The van der Waals surface area contributed by atoms with Gasteiger partial charge in [0, 0.05) is 17.3 Å². The molecular formula is C24H20F3N3O2. The molecule has 1 amide bonds. The number of carbonyl (C=O) groups excluding carboxylic acids is 1. The second-order valence-corrected chi connectivity index (χ2v) is 8.49. The number of aromatic nitrogens is 1. The number of benzene rings is 2. The van der Waals surface area contributed by atoms with Gasteiger partial charge in [0.05, 0.1) is 35.0 Å². The molecular weight excluding hydrogens is 419 g/mol. The van der Waals surface area contributed by atoms with Gasteiger partial charge in [-0.15, -0.1) is 0 Å². The van der Waals surface area contributed by atoms with E-state index < -0.39 is 28.8 Å². The number of nitrogens with zero attached hydrogens (tertiary/aromatic N) is 3. The van der Waals surface area contributed by atoms with Gasteiger partial charge in [-0.3, -0.25) is 9.78 Å². The summed E-state index contributed by atoms with van der Waals surface area (Å²) in [5.74, 6) is -0.420. The van der Waals surface area contributed by atoms with Crippen LogP contribution in [0.3, 0.4) is 0 Å². The molecule has 1 aliphatic rings. The summed E-state index contributed by atoms with van der Waals surface area (Å²) < 4.78 is 45.6. The molecule has 0 saturated carbocycles. The number of likely N-dealkylation sites (tertiary alicyclic amines) is 1. The maximum Gasteiger partial charge on any atom is 0.417 e. The third-order valence-corrected chi connectivity index (χ3v) is 5.52. The summed E-state index contributed by atoms with van der Waals surface area (Å²) in [4.78, 5) is 19.3. The number of hydrogen-bond acceptors (Lipinski definition) is 4. The van der Waals surface area contributed by atoms with Crippen LogP contribution < -0.4 is 4.74 Å². The molecule has 2 heterocycles. The molecule has 1 saturated heterocycles. The Morgan fingerprint density at radius 3 is 2.66 bits per heavy atom. The molecule has 1 aromatic heterocycles. The number of ether oxygens (including phenoxy) is 1. The van der Waals surface area contributed by atoms with Crippen molar-refractivity contribution < 1.29 is 22.7 Å². The highest BCUT2D eigenvalue weighted by Crippen LogP contribution is 2.38. The Kier molecular flexibility index (Phi) is 5.29. The van der Waals surface area contributed by atoms with E-state index in [1.165, 1.54) is 12.1 Å². The summed E-state index contributed by atoms with van der Waals surface area (Å²) in [5.41, 5.74) is -0.684. The number of halogens is 3. The Bertz CT molecular complexity index is 1230. The highest BCUT2D eigenvalue weighted by atomic mass is 19.4. The second kappa shape index (κ2) is 7.83. The average Bonchev–Trinajstić information content (AvgIpc) is 2.95. The van der Waals surface area contributed by atoms with E-state index >= 15 is 0 Å². The maximum absolute atomic E-state index is 13.3. The number of nitriles is 1. The van der Waals surface area contributed by atoms with Crippen molar-refractivity contribution in [3.05, 3.63) is 71.4 Å². The molecule has 1 unspecified atom stereocenters. The highest BCUT2D eigenvalue weighted by molar-refractivity contribution is 5.85. The molecule has 4 rings (SSSR count). The fraction of sp³-hybridized carbons (Fsp3) is 0.292. The van der Waals surface area contributed by atoms with Crippen LogP contribution in [0.4, 0.5) is 13.2 Å². The van der Waals surface area contributed by atoms with Crippen molar-refractivity contribution in [2.45, 2.75) is 32.7 Å². The molecule has 2 aromatic carbocycles. The van der Waals surface area contributed by atoms with Gasteiger partial charge in [0.25, 0.3) is 5.91 Å². The van der Waals surface area contributed by atoms with Crippen molar-refractivity contribution in [3.8, 4) is 11.8 Å². The summed E-state index contributed by atoms with van der Waals surface area (Å²) in [7, 11) is 0. The zero-order valence-corrected chi connectivity index (χ0v) is 17.5. The lowest BCUT2D eigenvalue weighted by Crippen LogP contribution is -2.36. The average molecular weight is 439 g/mol. The lowest BCUT2D eigenvalue weighted by atomic mass is 9.89. The third-order valence-electron chi connectivity index (χ3n) is 5.52. The topological polar surface area (TPSA) is 66.2 Å². The lowest BCUT2D eigenvalue weighted by molar-refractivity contribution is -0.138. The molecule has 3 aromatic rings. The van der Waals surface area contributed by atoms with Crippen molar-refractivity contribution in [1.82, 2.24) is 9.88 Å². The minimum atomic E-state index is -4.70. The summed E-state index contributed by atoms with van der Waals surface area (Å²) in [5, 5.41) is 9.96. The summed E-state index contributed by atoms with van der Waals surface area (Å²) in [6.07, 6.45) is -5.66. The Labute approximate surface area is 183 Å². The SMILES string of the molecule is CC1(C)CN(Cc2ccc3ccccc3n2)C(=O)C1Oc1ccc(C#N)c(C(F)(F)F)c1. The van der Waals surface area contributed by atoms with Gasteiger partial charge in [-0.25, -0.2) is 0 Å². The molecule has 0 spiro atoms. The van der Waals surface area contributed by atoms with Gasteiger partial charge in [0.2, 0.25) is 0 Å². The maximum atomic E-state index is 13.3. The van der Waals surface area contributed by atoms with E-state index in [1.54, 1.807) is 4.90 Å². The van der Waals surface area contributed by atoms with E-state index in [4.69, 9.17) is 10.00 Å². The standard InChI is InChI=1S/C24H20F3N3O2/c1-23(2)14-30(13-17-9-7-15-5-3-4-6-20(15)29-17)22(31)21(23)32-18-10-8-16(12-28)19(11-18)24(25,26)27/h3-11,21H,13-14H2,1-2H3. The Morgan fingerprint density at radius 1 is 1.19 bits per heavy atom. The van der Waals surface area contributed by atoms with Gasteiger partial charge in [-0.2, -0.15) is 18.4 Å². The molecule has 0 N–H and O–H groups in total. The molecule has 5 nitrogen and oxygen atoms in total. The molecule has 164 valence electrons. The zero-order valence-electron chi connectivity index (χ0n) is 17.5. The third kappa shape index (κ3) is 4.11. The largest absolute Gasteiger partial charge is 0.480 e. The van der Waals surface area contributed by atoms with Crippen LogP contribution in [0, 0.1) is 16.7 Å². The number of pyridine rings is 1. The number of rotatable bonds is 4. The number of amides is 1. The molecule has 0 bridgehead atoms. The van der Waals surface area contributed by atoms with E-state index in [9.17, 15) is 18.0 Å². The molecule has 1 aliphatic heterocycles. The first-order valence-electron chi connectivity index (χ1n) is 10.00. The lowest BCUT2D eigenvalue weighted by Gasteiger charge is -2.24. The smallest absolute Gasteiger partial charge is 0.417 e. The number of carbonyl (C=O) groups is 1. The summed E-state index contributed by atoms with van der Waals surface area (Å²) in [6, 6.07) is 16.1. The van der Waals surface area contributed by atoms with Crippen LogP contribution >= 0.6 is 0 Å². The van der Waals surface area contributed by atoms with Crippen LogP contribution in [0.2, 0.25) is 0 Å². The minimum Gasteiger partial charge on any atom is -0.480 e. The van der Waals surface area contributed by atoms with Gasteiger partial charge in [-0.05, 0) is 30.3 Å². The van der Waals surface area contributed by atoms with Crippen LogP contribution in [-0.4, -0.2) is 28.4 Å². The number of para-hydroxylation sites is 1. The molecule has 1 fully saturated rings. The molecule has 1 atom stereocenters. The van der Waals surface area contributed by atoms with E-state index in [0.29, 0.717) is 12.2 Å². The fourth-order valence-electron chi connectivity index (χ4n) is 3.95. The van der Waals surface area contributed by atoms with E-state index in [-0.39, 0.29) is 18.2 Å². The van der Waals surface area contributed by atoms with Crippen molar-refractivity contribution in [1.29, 1.82) is 5.26 Å². The second-order valence-electron chi connectivity index (χ2n) is 8.49. The van der Waals surface area contributed by atoms with Gasteiger partial charge in [-0.1, -0.05) is 38.1 Å². The van der Waals surface area contributed by atoms with E-state index in [0.717, 1.165) is 23.0 Å². The van der Waals surface area contributed by atoms with Gasteiger partial charge < -0.3 is 9.64 Å². The van der Waals surface area contributed by atoms with Gasteiger partial charge >= 0.3 is 6.18 Å². The molecule has 8 heteroatoms. The van der Waals surface area contributed by atoms with Crippen molar-refractivity contribution in [2.75, 3.05) is 6.54 Å². The molecule has 0 radical (unpaired) electrons. The first kappa shape index (κ1) is 21.6. The number of hydrogen-bond donors (Lipinski definition) is 0. The fourth-order valence-corrected chi connectivity index (χ4v) is 3.95. The number of fused-ring (bicyclic) bond motifs is 1. The monoisotopic (exact) mass is 439 g/mol. The van der Waals surface area contributed by atoms with Gasteiger partial charge in [0.15, 0.2) is 6.10 Å². The molecule has 32 heavy (non-hydrogen) atoms. The van der Waals surface area contributed by atoms with E-state index in [1.807, 2.05) is 50.2 Å². The van der Waals surface area contributed by atoms with Crippen molar-refractivity contribution >= 4 is 16.8 Å². The predicted octanol–water partition coefficient (Wildman–Crippen LogP) is 4.94. The Morgan fingerprint density at radius 2 is 1.94 bits per heavy atom. The predicted molar refractivity (Wildman–Crippen MR) is 112 cm³/mol. The van der Waals surface area contributed by atoms with Crippen LogP contribution in [0.15, 0.2) is 54.6 Å². The summed E-state index contributed by atoms with van der Waals surface area (Å²) in [6.45, 7) is 4.30. The normalized spacial score (nSPS) is 18.1. The quantitative estimate of drug-likeness (QED) is 0.578. The summed E-state index contributed by atoms with van der Waals surface area (Å²) >= 11 is 0. The van der Waals surface area contributed by atoms with Crippen LogP contribution in [-0.2, 0) is 17.5 Å². The first-order valence-corrected chi connectivity index (χ1v) is 10.00. The first-order chi connectivity index (χ1) is 15.1. The highest BCUT2D eigenvalue weighted by Gasteiger charge is 2.48. The zero-order chi connectivity index (χ0) is 23.1. The number of alkyl halides is 3. The van der Waals surface area contributed by atoms with E-state index in [2.05, 4.69) is 4.98 Å². The van der Waals surface area contributed by atoms with Crippen LogP contribution in [0.25, 0.3) is 10.9 Å². The van der Waals surface area contributed by atoms with Gasteiger partial charge in [0.1, 0.15) is 5.75 Å². The van der Waals surface area contributed by atoms with Crippen molar-refractivity contribution in [3.63, 3.8) is 0 Å². The van der Waals surface area contributed by atoms with Crippen LogP contribution in [0.5, 0.6) is 5.75 Å². The minimum absolute atomic E-state index is 0.103. The Hall–Kier alpha value is -3.60. The van der Waals surface area contributed by atoms with Crippen LogP contribution in [0.1, 0.15) is 30.7 Å². The molecule has 0 aliphatic carbocycles.